The highest BCUT2D eigenvalue weighted by Crippen LogP contribution is 2.24. The molecule has 0 saturated heterocycles. The van der Waals surface area contributed by atoms with Crippen molar-refractivity contribution in [2.75, 3.05) is 6.54 Å². The Labute approximate surface area is 117 Å². The summed E-state index contributed by atoms with van der Waals surface area (Å²) in [6.07, 6.45) is 0. The summed E-state index contributed by atoms with van der Waals surface area (Å²) in [4.78, 5) is 20.4. The first-order chi connectivity index (χ1) is 9.32. The van der Waals surface area contributed by atoms with Crippen LogP contribution in [0.25, 0.3) is 0 Å². The second-order valence-corrected chi connectivity index (χ2v) is 5.18. The summed E-state index contributed by atoms with van der Waals surface area (Å²) in [5.41, 5.74) is -0.0311. The predicted octanol–water partition coefficient (Wildman–Crippen LogP) is 2.88. The maximum atomic E-state index is 11.0. The Hall–Kier alpha value is -2.02. The second-order valence-electron chi connectivity index (χ2n) is 5.18. The zero-order valence-corrected chi connectivity index (χ0v) is 11.8. The van der Waals surface area contributed by atoms with Crippen LogP contribution in [-0.2, 0) is 6.54 Å². The number of nitro groups is 2. The van der Waals surface area contributed by atoms with Crippen molar-refractivity contribution in [2.45, 2.75) is 27.3 Å². The van der Waals surface area contributed by atoms with E-state index in [1.807, 2.05) is 0 Å². The number of non-ortho nitro benzene ring substituents is 1. The Morgan fingerprint density at radius 1 is 1.15 bits per heavy atom. The van der Waals surface area contributed by atoms with Gasteiger partial charge in [0.15, 0.2) is 0 Å². The van der Waals surface area contributed by atoms with Gasteiger partial charge >= 0.3 is 0 Å². The molecule has 110 valence electrons. The molecule has 1 atom stereocenters. The van der Waals surface area contributed by atoms with Crippen molar-refractivity contribution in [3.63, 3.8) is 0 Å². The average Bonchev–Trinajstić information content (AvgIpc) is 2.38. The van der Waals surface area contributed by atoms with Crippen LogP contribution >= 0.6 is 0 Å². The molecule has 1 N–H and O–H groups in total. The Kier molecular flexibility index (Phi) is 5.57. The summed E-state index contributed by atoms with van der Waals surface area (Å²) in [6.45, 7) is 7.39. The molecule has 7 nitrogen and oxygen atoms in total. The zero-order valence-electron chi connectivity index (χ0n) is 11.8. The van der Waals surface area contributed by atoms with Crippen molar-refractivity contribution in [1.82, 2.24) is 5.32 Å². The number of rotatable bonds is 7. The Balaban J connectivity index is 2.79. The lowest BCUT2D eigenvalue weighted by atomic mass is 9.98. The molecule has 0 aliphatic carbocycles. The van der Waals surface area contributed by atoms with Crippen LogP contribution in [0.5, 0.6) is 0 Å². The fraction of sp³-hybridized carbons (Fsp3) is 0.538. The zero-order chi connectivity index (χ0) is 15.3. The number of hydrogen-bond acceptors (Lipinski definition) is 5. The van der Waals surface area contributed by atoms with E-state index in [0.717, 1.165) is 12.6 Å². The van der Waals surface area contributed by atoms with Gasteiger partial charge in [0.1, 0.15) is 0 Å². The van der Waals surface area contributed by atoms with Gasteiger partial charge in [-0.25, -0.2) is 0 Å². The van der Waals surface area contributed by atoms with Crippen LogP contribution < -0.4 is 5.32 Å². The Morgan fingerprint density at radius 3 is 2.30 bits per heavy atom. The summed E-state index contributed by atoms with van der Waals surface area (Å²) in [7, 11) is 0. The molecule has 1 aromatic rings. The first-order valence-corrected chi connectivity index (χ1v) is 6.45. The van der Waals surface area contributed by atoms with Crippen molar-refractivity contribution < 1.29 is 9.85 Å². The first-order valence-electron chi connectivity index (χ1n) is 6.45. The van der Waals surface area contributed by atoms with Crippen molar-refractivity contribution in [3.8, 4) is 0 Å². The van der Waals surface area contributed by atoms with Crippen molar-refractivity contribution in [3.05, 3.63) is 44.0 Å². The fourth-order valence-electron chi connectivity index (χ4n) is 1.66. The molecule has 0 amide bonds. The first kappa shape index (κ1) is 16.0. The number of nitrogens with zero attached hydrogens (tertiary/aromatic N) is 2. The molecular formula is C13H19N3O4. The maximum Gasteiger partial charge on any atom is 0.280 e. The lowest BCUT2D eigenvalue weighted by Gasteiger charge is -2.16. The van der Waals surface area contributed by atoms with E-state index < -0.39 is 9.85 Å². The van der Waals surface area contributed by atoms with Gasteiger partial charge in [-0.1, -0.05) is 20.8 Å². The predicted molar refractivity (Wildman–Crippen MR) is 75.5 cm³/mol. The summed E-state index contributed by atoms with van der Waals surface area (Å²) in [5.74, 6) is 0.974. The van der Waals surface area contributed by atoms with E-state index in [1.165, 1.54) is 12.1 Å². The third kappa shape index (κ3) is 4.27. The van der Waals surface area contributed by atoms with E-state index >= 15 is 0 Å². The quantitative estimate of drug-likeness (QED) is 0.612. The maximum absolute atomic E-state index is 11.0. The number of benzene rings is 1. The van der Waals surface area contributed by atoms with Gasteiger partial charge in [0, 0.05) is 18.2 Å². The molecule has 0 radical (unpaired) electrons. The van der Waals surface area contributed by atoms with Gasteiger partial charge in [0.25, 0.3) is 11.4 Å². The SMILES string of the molecule is CC(C)C(C)CNCc1ccc([N+](=O)[O-])cc1[N+](=O)[O-]. The molecule has 20 heavy (non-hydrogen) atoms. The van der Waals surface area contributed by atoms with Crippen LogP contribution in [-0.4, -0.2) is 16.4 Å². The van der Waals surface area contributed by atoms with Crippen LogP contribution in [0.1, 0.15) is 26.3 Å². The molecule has 0 aliphatic rings. The van der Waals surface area contributed by atoms with E-state index in [-0.39, 0.29) is 11.4 Å². The molecule has 1 unspecified atom stereocenters. The van der Waals surface area contributed by atoms with Crippen LogP contribution in [0.15, 0.2) is 18.2 Å². The van der Waals surface area contributed by atoms with Crippen LogP contribution in [0, 0.1) is 32.1 Å². The minimum absolute atomic E-state index is 0.219. The lowest BCUT2D eigenvalue weighted by Crippen LogP contribution is -2.24. The van der Waals surface area contributed by atoms with E-state index in [0.29, 0.717) is 23.9 Å². The third-order valence-corrected chi connectivity index (χ3v) is 3.40. The van der Waals surface area contributed by atoms with Gasteiger partial charge in [0.05, 0.1) is 15.9 Å². The van der Waals surface area contributed by atoms with E-state index in [1.54, 1.807) is 0 Å². The summed E-state index contributed by atoms with van der Waals surface area (Å²) < 4.78 is 0. The highest BCUT2D eigenvalue weighted by Gasteiger charge is 2.19. The number of nitro benzene ring substituents is 2. The highest BCUT2D eigenvalue weighted by atomic mass is 16.6. The summed E-state index contributed by atoms with van der Waals surface area (Å²) in [5, 5.41) is 24.7. The van der Waals surface area contributed by atoms with Gasteiger partial charge < -0.3 is 5.32 Å². The lowest BCUT2D eigenvalue weighted by molar-refractivity contribution is -0.394. The minimum atomic E-state index is -0.634. The standard InChI is InChI=1S/C13H19N3O4/c1-9(2)10(3)7-14-8-11-4-5-12(15(17)18)6-13(11)16(19)20/h4-6,9-10,14H,7-8H2,1-3H3. The average molecular weight is 281 g/mol. The summed E-state index contributed by atoms with van der Waals surface area (Å²) in [6, 6.07) is 3.72. The molecule has 0 spiro atoms. The van der Waals surface area contributed by atoms with Crippen LogP contribution in [0.2, 0.25) is 0 Å². The van der Waals surface area contributed by atoms with Gasteiger partial charge in [-0.05, 0) is 24.4 Å². The summed E-state index contributed by atoms with van der Waals surface area (Å²) >= 11 is 0. The molecule has 0 fully saturated rings. The van der Waals surface area contributed by atoms with E-state index in [9.17, 15) is 20.2 Å². The Morgan fingerprint density at radius 2 is 1.80 bits per heavy atom. The smallest absolute Gasteiger partial charge is 0.280 e. The molecule has 7 heteroatoms. The van der Waals surface area contributed by atoms with Gasteiger partial charge in [-0.15, -0.1) is 0 Å². The van der Waals surface area contributed by atoms with E-state index in [2.05, 4.69) is 26.1 Å². The molecule has 0 heterocycles. The van der Waals surface area contributed by atoms with E-state index in [4.69, 9.17) is 0 Å². The van der Waals surface area contributed by atoms with Crippen molar-refractivity contribution in [2.24, 2.45) is 11.8 Å². The molecule has 0 bridgehead atoms. The molecule has 1 rings (SSSR count). The topological polar surface area (TPSA) is 98.3 Å². The van der Waals surface area contributed by atoms with Gasteiger partial charge in [0.2, 0.25) is 0 Å². The van der Waals surface area contributed by atoms with Crippen molar-refractivity contribution >= 4 is 11.4 Å². The van der Waals surface area contributed by atoms with Gasteiger partial charge in [-0.3, -0.25) is 20.2 Å². The van der Waals surface area contributed by atoms with Crippen LogP contribution in [0.3, 0.4) is 0 Å². The Bertz CT molecular complexity index is 502. The molecule has 0 saturated carbocycles. The molecule has 0 aliphatic heterocycles. The normalized spacial score (nSPS) is 12.4. The fourth-order valence-corrected chi connectivity index (χ4v) is 1.66. The monoisotopic (exact) mass is 281 g/mol. The number of hydrogen-bond donors (Lipinski definition) is 1. The number of nitrogens with one attached hydrogen (secondary N) is 1. The largest absolute Gasteiger partial charge is 0.312 e. The molecule has 0 aromatic heterocycles. The highest BCUT2D eigenvalue weighted by molar-refractivity contribution is 5.49. The molecule has 1 aromatic carbocycles. The third-order valence-electron chi connectivity index (χ3n) is 3.40. The van der Waals surface area contributed by atoms with Crippen LogP contribution in [0.4, 0.5) is 11.4 Å². The van der Waals surface area contributed by atoms with Gasteiger partial charge in [-0.2, -0.15) is 0 Å². The second kappa shape index (κ2) is 6.95. The minimum Gasteiger partial charge on any atom is -0.312 e. The van der Waals surface area contributed by atoms with Crippen molar-refractivity contribution in [1.29, 1.82) is 0 Å². The molecular weight excluding hydrogens is 262 g/mol.